The first-order chi connectivity index (χ1) is 14.3. The van der Waals surface area contributed by atoms with E-state index in [2.05, 4.69) is 15.0 Å². The van der Waals surface area contributed by atoms with Crippen molar-refractivity contribution in [2.45, 2.75) is 82.4 Å². The minimum atomic E-state index is -4.41. The molecule has 13 heteroatoms. The summed E-state index contributed by atoms with van der Waals surface area (Å²) >= 11 is 5.28. The quantitative estimate of drug-likeness (QED) is 0.281. The molecule has 1 aliphatic rings. The predicted octanol–water partition coefficient (Wildman–Crippen LogP) is 1.99. The van der Waals surface area contributed by atoms with Crippen molar-refractivity contribution in [3.05, 3.63) is 17.3 Å². The number of nitrogens with zero attached hydrogens (tertiary/aromatic N) is 3. The number of hydrogen-bond donors (Lipinski definition) is 5. The van der Waals surface area contributed by atoms with Crippen LogP contribution < -0.4 is 0 Å². The van der Waals surface area contributed by atoms with Crippen LogP contribution in [0.5, 0.6) is 0 Å². The van der Waals surface area contributed by atoms with E-state index in [1.165, 1.54) is 17.8 Å². The van der Waals surface area contributed by atoms with Crippen LogP contribution in [0.2, 0.25) is 0 Å². The number of H-pyrrole nitrogens is 1. The fourth-order valence-corrected chi connectivity index (χ4v) is 5.05. The molecule has 5 N–H and O–H groups in total. The maximum absolute atomic E-state index is 12.7. The number of hydrogen-bond acceptors (Lipinski definition) is 9. The first-order valence-corrected chi connectivity index (χ1v) is 12.0. The van der Waals surface area contributed by atoms with Crippen LogP contribution in [0.3, 0.4) is 0 Å². The number of aromatic amines is 1. The highest BCUT2D eigenvalue weighted by Crippen LogP contribution is 2.59. The van der Waals surface area contributed by atoms with Gasteiger partial charge >= 0.3 is 7.60 Å². The van der Waals surface area contributed by atoms with Crippen molar-refractivity contribution in [1.29, 1.82) is 0 Å². The average molecular weight is 476 g/mol. The molecule has 1 saturated heterocycles. The van der Waals surface area contributed by atoms with Crippen LogP contribution in [0.1, 0.15) is 53.2 Å². The molecular formula is C18H29N4O7PS. The molecule has 0 spiro atoms. The molecule has 3 heterocycles. The van der Waals surface area contributed by atoms with Gasteiger partial charge in [-0.05, 0) is 38.9 Å². The van der Waals surface area contributed by atoms with Crippen molar-refractivity contribution in [1.82, 2.24) is 19.5 Å². The summed E-state index contributed by atoms with van der Waals surface area (Å²) in [7, 11) is -4.41. The number of ether oxygens (including phenoxy) is 1. The van der Waals surface area contributed by atoms with E-state index in [-0.39, 0.29) is 17.6 Å². The molecule has 31 heavy (non-hydrogen) atoms. The van der Waals surface area contributed by atoms with E-state index < -0.39 is 43.1 Å². The SMILES string of the molecule is CCC(C)(C[C@H]1O[C@@H](n2cc3nc[nH]c3nc2=S)[C@@H](O)C1O)OP(=O)(O)C(C)(O)CC. The van der Waals surface area contributed by atoms with Crippen LogP contribution in [-0.2, 0) is 13.8 Å². The van der Waals surface area contributed by atoms with Gasteiger partial charge in [0, 0.05) is 12.6 Å². The number of aromatic nitrogens is 4. The van der Waals surface area contributed by atoms with Gasteiger partial charge in [-0.2, -0.15) is 0 Å². The summed E-state index contributed by atoms with van der Waals surface area (Å²) in [5.41, 5.74) is -0.221. The van der Waals surface area contributed by atoms with Gasteiger partial charge in [-0.3, -0.25) is 9.13 Å². The first kappa shape index (κ1) is 24.4. The summed E-state index contributed by atoms with van der Waals surface area (Å²) in [4.78, 5) is 21.5. The van der Waals surface area contributed by atoms with Gasteiger partial charge in [0.25, 0.3) is 0 Å². The summed E-state index contributed by atoms with van der Waals surface area (Å²) in [6.45, 7) is 6.17. The minimum absolute atomic E-state index is 0.00598. The van der Waals surface area contributed by atoms with Crippen LogP contribution in [0.25, 0.3) is 11.2 Å². The Bertz CT molecular complexity index is 1040. The molecule has 1 fully saturated rings. The summed E-state index contributed by atoms with van der Waals surface area (Å²) in [5.74, 6) is 0. The monoisotopic (exact) mass is 476 g/mol. The lowest BCUT2D eigenvalue weighted by Crippen LogP contribution is -2.40. The van der Waals surface area contributed by atoms with E-state index in [4.69, 9.17) is 21.5 Å². The van der Waals surface area contributed by atoms with E-state index in [0.29, 0.717) is 17.6 Å². The van der Waals surface area contributed by atoms with Gasteiger partial charge in [0.2, 0.25) is 4.77 Å². The highest BCUT2D eigenvalue weighted by Gasteiger charge is 2.50. The fourth-order valence-electron chi connectivity index (χ4n) is 3.40. The topological polar surface area (TPSA) is 163 Å². The Kier molecular flexibility index (Phi) is 6.77. The Morgan fingerprint density at radius 1 is 1.32 bits per heavy atom. The minimum Gasteiger partial charge on any atom is -0.388 e. The zero-order valence-corrected chi connectivity index (χ0v) is 19.5. The van der Waals surface area contributed by atoms with E-state index >= 15 is 0 Å². The van der Waals surface area contributed by atoms with E-state index in [1.807, 2.05) is 0 Å². The summed E-state index contributed by atoms with van der Waals surface area (Å²) < 4.78 is 25.7. The van der Waals surface area contributed by atoms with Gasteiger partial charge in [0.05, 0.1) is 18.0 Å². The number of imidazole rings is 1. The summed E-state index contributed by atoms with van der Waals surface area (Å²) in [6, 6.07) is 0. The van der Waals surface area contributed by atoms with Crippen LogP contribution in [0, 0.1) is 4.77 Å². The molecule has 11 nitrogen and oxygen atoms in total. The van der Waals surface area contributed by atoms with Crippen molar-refractivity contribution in [3.63, 3.8) is 0 Å². The Hall–Kier alpha value is -1.24. The Morgan fingerprint density at radius 2 is 2.00 bits per heavy atom. The van der Waals surface area contributed by atoms with E-state index in [9.17, 15) is 24.8 Å². The van der Waals surface area contributed by atoms with Gasteiger partial charge in [-0.15, -0.1) is 0 Å². The molecule has 7 atom stereocenters. The second-order valence-electron chi connectivity index (χ2n) is 8.30. The molecule has 0 bridgehead atoms. The predicted molar refractivity (Wildman–Crippen MR) is 114 cm³/mol. The molecule has 4 unspecified atom stereocenters. The van der Waals surface area contributed by atoms with E-state index in [1.54, 1.807) is 27.0 Å². The van der Waals surface area contributed by atoms with Crippen molar-refractivity contribution in [2.75, 3.05) is 0 Å². The fraction of sp³-hybridized carbons (Fsp3) is 0.722. The lowest BCUT2D eigenvalue weighted by molar-refractivity contribution is -0.0707. The molecule has 0 radical (unpaired) electrons. The molecule has 2 aromatic heterocycles. The Balaban J connectivity index is 1.83. The van der Waals surface area contributed by atoms with Crippen molar-refractivity contribution < 1.29 is 34.0 Å². The third-order valence-corrected chi connectivity index (χ3v) is 8.48. The van der Waals surface area contributed by atoms with Gasteiger partial charge in [-0.25, -0.2) is 9.97 Å². The van der Waals surface area contributed by atoms with Gasteiger partial charge in [0.15, 0.2) is 17.2 Å². The third kappa shape index (κ3) is 4.62. The highest BCUT2D eigenvalue weighted by atomic mass is 32.1. The normalized spacial score (nSPS) is 30.1. The zero-order valence-electron chi connectivity index (χ0n) is 17.8. The van der Waals surface area contributed by atoms with Crippen LogP contribution in [-0.4, -0.2) is 69.0 Å². The molecule has 174 valence electrons. The maximum atomic E-state index is 12.7. The van der Waals surface area contributed by atoms with Crippen LogP contribution in [0.15, 0.2) is 12.5 Å². The molecule has 2 aromatic rings. The lowest BCUT2D eigenvalue weighted by atomic mass is 9.93. The average Bonchev–Trinajstić information content (AvgIpc) is 3.26. The largest absolute Gasteiger partial charge is 0.388 e. The second kappa shape index (κ2) is 8.60. The molecule has 0 saturated carbocycles. The molecule has 0 amide bonds. The molecule has 3 rings (SSSR count). The van der Waals surface area contributed by atoms with E-state index in [0.717, 1.165) is 0 Å². The number of aliphatic hydroxyl groups excluding tert-OH is 2. The smallest absolute Gasteiger partial charge is 0.359 e. The standard InChI is InChI=1S/C18H29N4O7PS/c1-5-17(3,29-30(26,27)18(4,25)6-2)7-11-12(23)13(24)15(28-11)22-8-10-14(20-9-19-10)21-16(22)31/h8-9,11-13,15,23-25H,5-7H2,1-4H3,(H,26,27)(H,19,20,21,31)/t11-,12?,13+,15-,17?,18?/m1/s1. The Labute approximate surface area is 184 Å². The lowest BCUT2D eigenvalue weighted by Gasteiger charge is -2.37. The molecule has 1 aliphatic heterocycles. The van der Waals surface area contributed by atoms with Crippen molar-refractivity contribution >= 4 is 31.0 Å². The first-order valence-electron chi connectivity index (χ1n) is 10.0. The van der Waals surface area contributed by atoms with Gasteiger partial charge in [0.1, 0.15) is 17.7 Å². The van der Waals surface area contributed by atoms with Crippen molar-refractivity contribution in [2.24, 2.45) is 0 Å². The summed E-state index contributed by atoms with van der Waals surface area (Å²) in [6.07, 6.45) is -1.24. The summed E-state index contributed by atoms with van der Waals surface area (Å²) in [5, 5.41) is 29.6. The maximum Gasteiger partial charge on any atom is 0.359 e. The number of rotatable bonds is 8. The van der Waals surface area contributed by atoms with Gasteiger partial charge < -0.3 is 34.5 Å². The molecular weight excluding hydrogens is 447 g/mol. The van der Waals surface area contributed by atoms with Crippen molar-refractivity contribution in [3.8, 4) is 0 Å². The number of nitrogens with one attached hydrogen (secondary N) is 1. The molecule has 0 aromatic carbocycles. The number of fused-ring (bicyclic) bond motifs is 1. The van der Waals surface area contributed by atoms with Crippen LogP contribution >= 0.6 is 19.8 Å². The number of aliphatic hydroxyl groups is 3. The molecule has 0 aliphatic carbocycles. The Morgan fingerprint density at radius 3 is 2.61 bits per heavy atom. The van der Waals surface area contributed by atoms with Gasteiger partial charge in [-0.1, -0.05) is 13.8 Å². The van der Waals surface area contributed by atoms with Crippen LogP contribution in [0.4, 0.5) is 0 Å². The third-order valence-electron chi connectivity index (χ3n) is 5.95. The second-order valence-corrected chi connectivity index (χ2v) is 10.9. The zero-order chi connectivity index (χ0) is 23.2. The highest BCUT2D eigenvalue weighted by molar-refractivity contribution is 7.71.